The summed E-state index contributed by atoms with van der Waals surface area (Å²) in [7, 11) is 0. The van der Waals surface area contributed by atoms with Gasteiger partial charge in [0.1, 0.15) is 5.75 Å². The van der Waals surface area contributed by atoms with E-state index < -0.39 is 0 Å². The van der Waals surface area contributed by atoms with Gasteiger partial charge in [0.15, 0.2) is 0 Å². The number of nitrogens with one attached hydrogen (secondary N) is 1. The third kappa shape index (κ3) is 3.01. The predicted octanol–water partition coefficient (Wildman–Crippen LogP) is 3.68. The molecule has 0 atom stereocenters. The first-order valence-corrected chi connectivity index (χ1v) is 6.75. The number of anilines is 1. The van der Waals surface area contributed by atoms with Crippen molar-refractivity contribution in [3.63, 3.8) is 0 Å². The van der Waals surface area contributed by atoms with Gasteiger partial charge >= 0.3 is 0 Å². The van der Waals surface area contributed by atoms with E-state index in [0.29, 0.717) is 0 Å². The second-order valence-corrected chi connectivity index (χ2v) is 4.57. The summed E-state index contributed by atoms with van der Waals surface area (Å²) in [4.78, 5) is 0. The molecule has 16 heavy (non-hydrogen) atoms. The summed E-state index contributed by atoms with van der Waals surface area (Å²) in [6.07, 6.45) is 6.51. The number of alkyl halides is 1. The van der Waals surface area contributed by atoms with Gasteiger partial charge < -0.3 is 10.1 Å². The fraction of sp³-hybridized carbons (Fsp3) is 0.385. The fourth-order valence-corrected chi connectivity index (χ4v) is 2.06. The van der Waals surface area contributed by atoms with Crippen molar-refractivity contribution in [3.8, 4) is 5.75 Å². The molecule has 86 valence electrons. The van der Waals surface area contributed by atoms with Crippen LogP contribution in [0.4, 0.5) is 5.69 Å². The summed E-state index contributed by atoms with van der Waals surface area (Å²) >= 11 is 3.41. The summed E-state index contributed by atoms with van der Waals surface area (Å²) in [5, 5.41) is 4.38. The minimum Gasteiger partial charge on any atom is -0.494 e. The number of rotatable bonds is 5. The van der Waals surface area contributed by atoms with E-state index >= 15 is 0 Å². The Hall–Kier alpha value is -0.960. The molecule has 0 spiro atoms. The lowest BCUT2D eigenvalue weighted by atomic mass is 10.1. The van der Waals surface area contributed by atoms with E-state index in [4.69, 9.17) is 4.74 Å². The molecule has 1 aromatic rings. The molecule has 1 aromatic carbocycles. The SMILES string of the molecule is BrCCCCOc1ccc2c(c1)NCC=C2. The minimum atomic E-state index is 0.792. The summed E-state index contributed by atoms with van der Waals surface area (Å²) in [5.41, 5.74) is 2.40. The van der Waals surface area contributed by atoms with E-state index in [1.165, 1.54) is 11.3 Å². The zero-order valence-corrected chi connectivity index (χ0v) is 10.8. The normalized spacial score (nSPS) is 13.1. The summed E-state index contributed by atoms with van der Waals surface area (Å²) in [6, 6.07) is 6.20. The van der Waals surface area contributed by atoms with Crippen molar-refractivity contribution in [2.24, 2.45) is 0 Å². The van der Waals surface area contributed by atoms with Gasteiger partial charge in [-0.2, -0.15) is 0 Å². The van der Waals surface area contributed by atoms with Gasteiger partial charge in [-0.15, -0.1) is 0 Å². The van der Waals surface area contributed by atoms with E-state index in [2.05, 4.69) is 45.5 Å². The standard InChI is InChI=1S/C13H16BrNO/c14-7-1-2-9-16-12-6-5-11-4-3-8-15-13(11)10-12/h3-6,10,15H,1-2,7-9H2. The van der Waals surface area contributed by atoms with Crippen LogP contribution in [0.2, 0.25) is 0 Å². The molecule has 0 saturated heterocycles. The molecule has 1 aliphatic heterocycles. The van der Waals surface area contributed by atoms with E-state index in [-0.39, 0.29) is 0 Å². The third-order valence-corrected chi connectivity index (χ3v) is 3.09. The summed E-state index contributed by atoms with van der Waals surface area (Å²) in [5.74, 6) is 0.955. The maximum Gasteiger partial charge on any atom is 0.121 e. The highest BCUT2D eigenvalue weighted by molar-refractivity contribution is 9.09. The zero-order valence-electron chi connectivity index (χ0n) is 9.21. The van der Waals surface area contributed by atoms with E-state index in [0.717, 1.165) is 37.1 Å². The number of unbranched alkanes of at least 4 members (excludes halogenated alkanes) is 1. The summed E-state index contributed by atoms with van der Waals surface area (Å²) < 4.78 is 5.69. The Balaban J connectivity index is 1.93. The molecule has 1 N–H and O–H groups in total. The molecule has 0 radical (unpaired) electrons. The van der Waals surface area contributed by atoms with Crippen molar-refractivity contribution >= 4 is 27.7 Å². The molecule has 0 aliphatic carbocycles. The fourth-order valence-electron chi connectivity index (χ4n) is 1.66. The van der Waals surface area contributed by atoms with Gasteiger partial charge in [-0.05, 0) is 30.5 Å². The molecule has 1 aliphatic rings. The highest BCUT2D eigenvalue weighted by Crippen LogP contribution is 2.25. The lowest BCUT2D eigenvalue weighted by molar-refractivity contribution is 0.310. The highest BCUT2D eigenvalue weighted by atomic mass is 79.9. The van der Waals surface area contributed by atoms with Gasteiger partial charge in [0.25, 0.3) is 0 Å². The van der Waals surface area contributed by atoms with Crippen molar-refractivity contribution < 1.29 is 4.74 Å². The van der Waals surface area contributed by atoms with E-state index in [1.807, 2.05) is 6.07 Å². The molecule has 0 aromatic heterocycles. The van der Waals surface area contributed by atoms with Gasteiger partial charge in [0.05, 0.1) is 6.61 Å². The maximum atomic E-state index is 5.69. The average molecular weight is 282 g/mol. The Bertz CT molecular complexity index is 376. The highest BCUT2D eigenvalue weighted by Gasteiger charge is 2.04. The van der Waals surface area contributed by atoms with Gasteiger partial charge in [0, 0.05) is 23.6 Å². The van der Waals surface area contributed by atoms with Crippen molar-refractivity contribution in [1.29, 1.82) is 0 Å². The molecule has 0 fully saturated rings. The van der Waals surface area contributed by atoms with Crippen molar-refractivity contribution in [3.05, 3.63) is 29.8 Å². The van der Waals surface area contributed by atoms with E-state index in [1.54, 1.807) is 0 Å². The number of benzene rings is 1. The van der Waals surface area contributed by atoms with Crippen LogP contribution >= 0.6 is 15.9 Å². The molecule has 0 bridgehead atoms. The predicted molar refractivity (Wildman–Crippen MR) is 72.5 cm³/mol. The molecule has 0 amide bonds. The number of fused-ring (bicyclic) bond motifs is 1. The largest absolute Gasteiger partial charge is 0.494 e. The first-order chi connectivity index (χ1) is 7.90. The molecule has 2 nitrogen and oxygen atoms in total. The Morgan fingerprint density at radius 2 is 2.25 bits per heavy atom. The van der Waals surface area contributed by atoms with Crippen LogP contribution in [0, 0.1) is 0 Å². The Labute approximate surface area is 105 Å². The van der Waals surface area contributed by atoms with Gasteiger partial charge in [-0.3, -0.25) is 0 Å². The van der Waals surface area contributed by atoms with Crippen LogP contribution in [-0.4, -0.2) is 18.5 Å². The average Bonchev–Trinajstić information content (AvgIpc) is 2.34. The first-order valence-electron chi connectivity index (χ1n) is 5.63. The molecule has 2 rings (SSSR count). The summed E-state index contributed by atoms with van der Waals surface area (Å²) in [6.45, 7) is 1.69. The van der Waals surface area contributed by atoms with Gasteiger partial charge in [0.2, 0.25) is 0 Å². The third-order valence-electron chi connectivity index (χ3n) is 2.53. The lowest BCUT2D eigenvalue weighted by Crippen LogP contribution is -2.05. The lowest BCUT2D eigenvalue weighted by Gasteiger charge is -2.14. The maximum absolute atomic E-state index is 5.69. The number of halogens is 1. The molecule has 0 saturated carbocycles. The van der Waals surface area contributed by atoms with Crippen LogP contribution in [0.15, 0.2) is 24.3 Å². The quantitative estimate of drug-likeness (QED) is 0.657. The zero-order chi connectivity index (χ0) is 11.2. The van der Waals surface area contributed by atoms with Crippen molar-refractivity contribution in [1.82, 2.24) is 0 Å². The molecule has 1 heterocycles. The van der Waals surface area contributed by atoms with Crippen LogP contribution in [0.3, 0.4) is 0 Å². The van der Waals surface area contributed by atoms with Crippen LogP contribution in [0.1, 0.15) is 18.4 Å². The van der Waals surface area contributed by atoms with Crippen LogP contribution in [-0.2, 0) is 0 Å². The Morgan fingerprint density at radius 1 is 1.31 bits per heavy atom. The number of hydrogen-bond acceptors (Lipinski definition) is 2. The molecular weight excluding hydrogens is 266 g/mol. The molecular formula is C13H16BrNO. The van der Waals surface area contributed by atoms with Crippen molar-refractivity contribution in [2.75, 3.05) is 23.8 Å². The second-order valence-electron chi connectivity index (χ2n) is 3.78. The second kappa shape index (κ2) is 5.94. The number of ether oxygens (including phenoxy) is 1. The van der Waals surface area contributed by atoms with Crippen LogP contribution in [0.25, 0.3) is 6.08 Å². The molecule has 3 heteroatoms. The van der Waals surface area contributed by atoms with Crippen molar-refractivity contribution in [2.45, 2.75) is 12.8 Å². The number of hydrogen-bond donors (Lipinski definition) is 1. The van der Waals surface area contributed by atoms with Crippen LogP contribution in [0.5, 0.6) is 5.75 Å². The smallest absolute Gasteiger partial charge is 0.121 e. The minimum absolute atomic E-state index is 0.792. The topological polar surface area (TPSA) is 21.3 Å². The first kappa shape index (κ1) is 11.5. The van der Waals surface area contributed by atoms with Crippen LogP contribution < -0.4 is 10.1 Å². The van der Waals surface area contributed by atoms with E-state index in [9.17, 15) is 0 Å². The molecule has 0 unspecified atom stereocenters. The van der Waals surface area contributed by atoms with Gasteiger partial charge in [-0.1, -0.05) is 28.1 Å². The monoisotopic (exact) mass is 281 g/mol. The Kier molecular flexibility index (Phi) is 4.28. The Morgan fingerprint density at radius 3 is 3.12 bits per heavy atom. The van der Waals surface area contributed by atoms with Gasteiger partial charge in [-0.25, -0.2) is 0 Å².